The minimum Gasteiger partial charge on any atom is -0.372 e. The van der Waals surface area contributed by atoms with E-state index in [-0.39, 0.29) is 18.1 Å². The van der Waals surface area contributed by atoms with Gasteiger partial charge in [0.1, 0.15) is 10.7 Å². The van der Waals surface area contributed by atoms with Crippen molar-refractivity contribution in [3.8, 4) is 0 Å². The number of nitrogens with zero attached hydrogens (tertiary/aromatic N) is 4. The molecule has 140 valence electrons. The minimum atomic E-state index is -0.0885. The van der Waals surface area contributed by atoms with Crippen molar-refractivity contribution in [2.24, 2.45) is 0 Å². The molecule has 0 radical (unpaired) electrons. The van der Waals surface area contributed by atoms with Crippen LogP contribution in [0.3, 0.4) is 0 Å². The molecule has 0 bridgehead atoms. The molecule has 0 spiro atoms. The molecule has 0 aliphatic carbocycles. The lowest BCUT2D eigenvalue weighted by Crippen LogP contribution is -2.45. The number of amides is 1. The van der Waals surface area contributed by atoms with Gasteiger partial charge < -0.3 is 14.5 Å². The fraction of sp³-hybridized carbons (Fsp3) is 0.526. The molecule has 1 aliphatic heterocycles. The molecule has 0 aromatic carbocycles. The molecule has 1 fully saturated rings. The summed E-state index contributed by atoms with van der Waals surface area (Å²) in [5.74, 6) is -0.0885. The van der Waals surface area contributed by atoms with Gasteiger partial charge in [0.25, 0.3) is 5.91 Å². The van der Waals surface area contributed by atoms with E-state index in [0.717, 1.165) is 30.2 Å². The third-order valence-corrected chi connectivity index (χ3v) is 5.54. The maximum atomic E-state index is 12.8. The maximum Gasteiger partial charge on any atom is 0.272 e. The average Bonchev–Trinajstić information content (AvgIpc) is 3.08. The number of hydrogen-bond acceptors (Lipinski definition) is 6. The molecule has 6 nitrogen and oxygen atoms in total. The molecule has 1 aliphatic rings. The Morgan fingerprint density at radius 3 is 2.73 bits per heavy atom. The van der Waals surface area contributed by atoms with Crippen LogP contribution in [-0.4, -0.2) is 53.1 Å². The second-order valence-electron chi connectivity index (χ2n) is 6.80. The number of pyridine rings is 1. The first-order chi connectivity index (χ1) is 12.5. The number of carbonyl (C=O) groups is 1. The highest BCUT2D eigenvalue weighted by Crippen LogP contribution is 2.21. The number of carbonyl (C=O) groups excluding carboxylic acids is 1. The normalized spacial score (nSPS) is 20.2. The van der Waals surface area contributed by atoms with Crippen LogP contribution < -0.4 is 4.90 Å². The van der Waals surface area contributed by atoms with Crippen molar-refractivity contribution >= 4 is 22.9 Å². The molecule has 1 amide bonds. The molecule has 26 heavy (non-hydrogen) atoms. The van der Waals surface area contributed by atoms with Gasteiger partial charge in [0.2, 0.25) is 0 Å². The van der Waals surface area contributed by atoms with Gasteiger partial charge in [0.05, 0.1) is 18.8 Å². The van der Waals surface area contributed by atoms with Gasteiger partial charge in [-0.3, -0.25) is 9.78 Å². The monoisotopic (exact) mass is 374 g/mol. The summed E-state index contributed by atoms with van der Waals surface area (Å²) in [6.07, 6.45) is 4.91. The number of aromatic nitrogens is 2. The van der Waals surface area contributed by atoms with Crippen molar-refractivity contribution in [1.29, 1.82) is 0 Å². The Hall–Kier alpha value is -1.99. The first kappa shape index (κ1) is 18.8. The molecule has 3 rings (SSSR count). The molecule has 3 heterocycles. The first-order valence-corrected chi connectivity index (χ1v) is 9.83. The Morgan fingerprint density at radius 1 is 1.35 bits per heavy atom. The average molecular weight is 375 g/mol. The van der Waals surface area contributed by atoms with Gasteiger partial charge in [-0.15, -0.1) is 11.3 Å². The molecule has 2 atom stereocenters. The molecule has 2 aromatic heterocycles. The van der Waals surface area contributed by atoms with Crippen LogP contribution in [0.15, 0.2) is 24.5 Å². The van der Waals surface area contributed by atoms with Crippen molar-refractivity contribution in [2.75, 3.05) is 25.0 Å². The number of anilines is 1. The molecule has 2 aromatic rings. The summed E-state index contributed by atoms with van der Waals surface area (Å²) < 4.78 is 5.79. The summed E-state index contributed by atoms with van der Waals surface area (Å²) in [7, 11) is 1.79. The Morgan fingerprint density at radius 2 is 2.08 bits per heavy atom. The molecule has 0 N–H and O–H groups in total. The second kappa shape index (κ2) is 8.14. The van der Waals surface area contributed by atoms with Gasteiger partial charge in [-0.1, -0.05) is 6.92 Å². The van der Waals surface area contributed by atoms with Crippen LogP contribution in [0, 0.1) is 0 Å². The predicted octanol–water partition coefficient (Wildman–Crippen LogP) is 2.99. The first-order valence-electron chi connectivity index (χ1n) is 9.01. The van der Waals surface area contributed by atoms with Crippen molar-refractivity contribution in [3.63, 3.8) is 0 Å². The third-order valence-electron chi connectivity index (χ3n) is 4.42. The molecule has 0 saturated carbocycles. The van der Waals surface area contributed by atoms with Crippen molar-refractivity contribution < 1.29 is 9.53 Å². The zero-order valence-electron chi connectivity index (χ0n) is 15.8. The second-order valence-corrected chi connectivity index (χ2v) is 8.00. The standard InChI is InChI=1S/C19H26N4O2S/c1-5-16-9-21-18(26-16)12-22(4)19(24)17-8-15(6-7-20-17)23-10-13(2)25-14(3)11-23/h6-9,13-14H,5,10-12H2,1-4H3. The zero-order chi connectivity index (χ0) is 18.7. The lowest BCUT2D eigenvalue weighted by molar-refractivity contribution is -0.00522. The number of morpholine rings is 1. The fourth-order valence-corrected chi connectivity index (χ4v) is 4.09. The van der Waals surface area contributed by atoms with E-state index < -0.39 is 0 Å². The quantitative estimate of drug-likeness (QED) is 0.805. The number of hydrogen-bond donors (Lipinski definition) is 0. The van der Waals surface area contributed by atoms with Crippen molar-refractivity contribution in [3.05, 3.63) is 40.1 Å². The largest absolute Gasteiger partial charge is 0.372 e. The van der Waals surface area contributed by atoms with Gasteiger partial charge in [0, 0.05) is 43.1 Å². The molecule has 1 saturated heterocycles. The molecular formula is C19H26N4O2S. The van der Waals surface area contributed by atoms with Crippen LogP contribution in [0.5, 0.6) is 0 Å². The summed E-state index contributed by atoms with van der Waals surface area (Å²) in [6, 6.07) is 3.83. The van der Waals surface area contributed by atoms with Gasteiger partial charge >= 0.3 is 0 Å². The highest BCUT2D eigenvalue weighted by atomic mass is 32.1. The Bertz CT molecular complexity index is 754. The van der Waals surface area contributed by atoms with Gasteiger partial charge in [-0.05, 0) is 32.4 Å². The van der Waals surface area contributed by atoms with Crippen LogP contribution in [0.1, 0.15) is 41.1 Å². The van der Waals surface area contributed by atoms with E-state index >= 15 is 0 Å². The summed E-state index contributed by atoms with van der Waals surface area (Å²) in [6.45, 7) is 8.38. The van der Waals surface area contributed by atoms with E-state index in [1.807, 2.05) is 18.3 Å². The van der Waals surface area contributed by atoms with E-state index in [1.54, 1.807) is 29.5 Å². The highest BCUT2D eigenvalue weighted by Gasteiger charge is 2.23. The SMILES string of the molecule is CCc1cnc(CN(C)C(=O)c2cc(N3CC(C)OC(C)C3)ccn2)s1. The van der Waals surface area contributed by atoms with Crippen LogP contribution in [0.25, 0.3) is 0 Å². The van der Waals surface area contributed by atoms with Gasteiger partial charge in [0.15, 0.2) is 0 Å². The topological polar surface area (TPSA) is 58.6 Å². The Kier molecular flexibility index (Phi) is 5.88. The van der Waals surface area contributed by atoms with E-state index in [4.69, 9.17) is 4.74 Å². The predicted molar refractivity (Wildman–Crippen MR) is 104 cm³/mol. The highest BCUT2D eigenvalue weighted by molar-refractivity contribution is 7.11. The number of rotatable bonds is 5. The summed E-state index contributed by atoms with van der Waals surface area (Å²) in [5, 5.41) is 0.949. The van der Waals surface area contributed by atoms with Crippen LogP contribution in [-0.2, 0) is 17.7 Å². The summed E-state index contributed by atoms with van der Waals surface area (Å²) >= 11 is 1.65. The smallest absolute Gasteiger partial charge is 0.272 e. The molecule has 7 heteroatoms. The van der Waals surface area contributed by atoms with Crippen LogP contribution >= 0.6 is 11.3 Å². The van der Waals surface area contributed by atoms with Gasteiger partial charge in [-0.25, -0.2) is 4.98 Å². The number of ether oxygens (including phenoxy) is 1. The Balaban J connectivity index is 1.71. The fourth-order valence-electron chi connectivity index (χ4n) is 3.18. The van der Waals surface area contributed by atoms with E-state index in [0.29, 0.717) is 12.2 Å². The third kappa shape index (κ3) is 4.40. The summed E-state index contributed by atoms with van der Waals surface area (Å²) in [5.41, 5.74) is 1.48. The van der Waals surface area contributed by atoms with E-state index in [2.05, 4.69) is 35.6 Å². The minimum absolute atomic E-state index is 0.0885. The number of thiazole rings is 1. The maximum absolute atomic E-state index is 12.8. The Labute approximate surface area is 158 Å². The summed E-state index contributed by atoms with van der Waals surface area (Å²) in [4.78, 5) is 26.6. The van der Waals surface area contributed by atoms with Gasteiger partial charge in [-0.2, -0.15) is 0 Å². The van der Waals surface area contributed by atoms with Crippen molar-refractivity contribution in [1.82, 2.24) is 14.9 Å². The van der Waals surface area contributed by atoms with E-state index in [1.165, 1.54) is 4.88 Å². The number of aryl methyl sites for hydroxylation is 1. The van der Waals surface area contributed by atoms with E-state index in [9.17, 15) is 4.79 Å². The lowest BCUT2D eigenvalue weighted by Gasteiger charge is -2.36. The molecule has 2 unspecified atom stereocenters. The van der Waals surface area contributed by atoms with Crippen molar-refractivity contribution in [2.45, 2.75) is 45.9 Å². The van der Waals surface area contributed by atoms with Crippen LogP contribution in [0.4, 0.5) is 5.69 Å². The zero-order valence-corrected chi connectivity index (χ0v) is 16.6. The molecular weight excluding hydrogens is 348 g/mol. The lowest BCUT2D eigenvalue weighted by atomic mass is 10.2. The van der Waals surface area contributed by atoms with Crippen LogP contribution in [0.2, 0.25) is 0 Å².